The van der Waals surface area contributed by atoms with Gasteiger partial charge in [-0.25, -0.2) is 9.18 Å². The summed E-state index contributed by atoms with van der Waals surface area (Å²) in [6, 6.07) is 4.97. The fraction of sp³-hybridized carbons (Fsp3) is 0.231. The quantitative estimate of drug-likeness (QED) is 0.829. The second-order valence-electron chi connectivity index (χ2n) is 3.88. The number of hydrogen-bond acceptors (Lipinski definition) is 2. The number of carboxylic acids is 1. The highest BCUT2D eigenvalue weighted by Gasteiger charge is 2.20. The molecule has 0 saturated heterocycles. The van der Waals surface area contributed by atoms with Gasteiger partial charge in [-0.1, -0.05) is 12.1 Å². The van der Waals surface area contributed by atoms with E-state index in [0.29, 0.717) is 5.69 Å². The molecule has 0 aromatic heterocycles. The average molecular weight is 266 g/mol. The van der Waals surface area contributed by atoms with Crippen LogP contribution >= 0.6 is 0 Å². The third-order valence-electron chi connectivity index (χ3n) is 2.43. The zero-order valence-electron chi connectivity index (χ0n) is 10.5. The third-order valence-corrected chi connectivity index (χ3v) is 2.43. The first-order chi connectivity index (χ1) is 8.95. The highest BCUT2D eigenvalue weighted by Crippen LogP contribution is 2.15. The molecule has 0 fully saturated rings. The predicted molar refractivity (Wildman–Crippen MR) is 69.6 cm³/mol. The zero-order chi connectivity index (χ0) is 14.4. The lowest BCUT2D eigenvalue weighted by atomic mass is 10.3. The largest absolute Gasteiger partial charge is 0.480 e. The van der Waals surface area contributed by atoms with Gasteiger partial charge in [-0.2, -0.15) is 0 Å². The van der Waals surface area contributed by atoms with E-state index < -0.39 is 24.4 Å². The minimum atomic E-state index is -1.12. The number of hydrogen-bond donors (Lipinski definition) is 1. The lowest BCUT2D eigenvalue weighted by Crippen LogP contribution is -2.43. The Kier molecular flexibility index (Phi) is 5.05. The fourth-order valence-electron chi connectivity index (χ4n) is 1.54. The van der Waals surface area contributed by atoms with Crippen LogP contribution in [0.2, 0.25) is 0 Å². The first-order valence-electron chi connectivity index (χ1n) is 5.56. The van der Waals surface area contributed by atoms with Crippen LogP contribution in [-0.4, -0.2) is 42.1 Å². The lowest BCUT2D eigenvalue weighted by molar-refractivity contribution is -0.137. The molecular weight excluding hydrogens is 251 g/mol. The minimum absolute atomic E-state index is 0.102. The maximum Gasteiger partial charge on any atom is 0.325 e. The molecule has 6 heteroatoms. The molecule has 19 heavy (non-hydrogen) atoms. The first-order valence-corrected chi connectivity index (χ1v) is 5.56. The number of nitrogens with zero attached hydrogens (tertiary/aromatic N) is 2. The maximum absolute atomic E-state index is 13.1. The second kappa shape index (κ2) is 6.53. The molecule has 0 unspecified atom stereocenters. The van der Waals surface area contributed by atoms with E-state index >= 15 is 0 Å². The summed E-state index contributed by atoms with van der Waals surface area (Å²) in [4.78, 5) is 25.1. The Labute approximate surface area is 110 Å². The summed E-state index contributed by atoms with van der Waals surface area (Å²) in [5, 5.41) is 8.75. The average Bonchev–Trinajstić information content (AvgIpc) is 2.36. The Hall–Kier alpha value is -2.37. The van der Waals surface area contributed by atoms with Crippen LogP contribution in [0.3, 0.4) is 0 Å². The number of urea groups is 1. The number of carbonyl (C=O) groups is 2. The molecule has 2 amide bonds. The van der Waals surface area contributed by atoms with Crippen LogP contribution in [0.4, 0.5) is 14.9 Å². The molecule has 0 aliphatic rings. The Morgan fingerprint density at radius 2 is 2.16 bits per heavy atom. The van der Waals surface area contributed by atoms with Crippen molar-refractivity contribution in [1.82, 2.24) is 4.90 Å². The number of amides is 2. The molecule has 0 aliphatic carbocycles. The first kappa shape index (κ1) is 14.7. The van der Waals surface area contributed by atoms with E-state index in [1.165, 1.54) is 36.2 Å². The number of benzene rings is 1. The van der Waals surface area contributed by atoms with Crippen molar-refractivity contribution in [3.8, 4) is 0 Å². The topological polar surface area (TPSA) is 60.9 Å². The number of rotatable bonds is 5. The van der Waals surface area contributed by atoms with Crippen LogP contribution in [0, 0.1) is 5.82 Å². The van der Waals surface area contributed by atoms with Gasteiger partial charge in [-0.05, 0) is 18.2 Å². The summed E-state index contributed by atoms with van der Waals surface area (Å²) < 4.78 is 13.1. The highest BCUT2D eigenvalue weighted by atomic mass is 19.1. The standard InChI is InChI=1S/C13H15FN2O3/c1-3-7-16(9-12(17)18)13(19)15(2)11-6-4-5-10(14)8-11/h3-6,8H,1,7,9H2,2H3,(H,17,18). The highest BCUT2D eigenvalue weighted by molar-refractivity contribution is 5.93. The molecule has 0 bridgehead atoms. The normalized spacial score (nSPS) is 9.79. The molecule has 1 aromatic carbocycles. The maximum atomic E-state index is 13.1. The van der Waals surface area contributed by atoms with Crippen LogP contribution in [0.15, 0.2) is 36.9 Å². The number of anilines is 1. The van der Waals surface area contributed by atoms with Crippen molar-refractivity contribution >= 4 is 17.7 Å². The Bertz CT molecular complexity index is 491. The van der Waals surface area contributed by atoms with Crippen molar-refractivity contribution < 1.29 is 19.1 Å². The van der Waals surface area contributed by atoms with Crippen molar-refractivity contribution in [3.05, 3.63) is 42.7 Å². The summed E-state index contributed by atoms with van der Waals surface area (Å²) in [6.07, 6.45) is 1.43. The Morgan fingerprint density at radius 1 is 1.47 bits per heavy atom. The van der Waals surface area contributed by atoms with Gasteiger partial charge in [0.1, 0.15) is 12.4 Å². The van der Waals surface area contributed by atoms with E-state index in [2.05, 4.69) is 6.58 Å². The van der Waals surface area contributed by atoms with E-state index in [9.17, 15) is 14.0 Å². The van der Waals surface area contributed by atoms with Crippen LogP contribution in [-0.2, 0) is 4.79 Å². The number of aliphatic carboxylic acids is 1. The monoisotopic (exact) mass is 266 g/mol. The molecule has 0 spiro atoms. The summed E-state index contributed by atoms with van der Waals surface area (Å²) in [6.45, 7) is 3.13. The van der Waals surface area contributed by atoms with Gasteiger partial charge in [0.2, 0.25) is 0 Å². The Morgan fingerprint density at radius 3 is 2.68 bits per heavy atom. The molecule has 0 saturated carbocycles. The second-order valence-corrected chi connectivity index (χ2v) is 3.88. The minimum Gasteiger partial charge on any atom is -0.480 e. The van der Waals surface area contributed by atoms with Crippen LogP contribution in [0.5, 0.6) is 0 Å². The van der Waals surface area contributed by atoms with E-state index in [1.54, 1.807) is 6.07 Å². The van der Waals surface area contributed by atoms with Gasteiger partial charge in [0.25, 0.3) is 0 Å². The summed E-state index contributed by atoms with van der Waals surface area (Å²) in [5.41, 5.74) is 0.351. The number of carbonyl (C=O) groups excluding carboxylic acids is 1. The number of halogens is 1. The molecule has 5 nitrogen and oxygen atoms in total. The molecule has 0 radical (unpaired) electrons. The fourth-order valence-corrected chi connectivity index (χ4v) is 1.54. The Balaban J connectivity index is 2.89. The van der Waals surface area contributed by atoms with Gasteiger partial charge >= 0.3 is 12.0 Å². The SMILES string of the molecule is C=CCN(CC(=O)O)C(=O)N(C)c1cccc(F)c1. The van der Waals surface area contributed by atoms with Crippen molar-refractivity contribution in [2.75, 3.05) is 25.0 Å². The van der Waals surface area contributed by atoms with Crippen molar-refractivity contribution in [2.24, 2.45) is 0 Å². The van der Waals surface area contributed by atoms with E-state index in [1.807, 2.05) is 0 Å². The molecule has 1 rings (SSSR count). The molecule has 102 valence electrons. The van der Waals surface area contributed by atoms with E-state index in [0.717, 1.165) is 4.90 Å². The molecule has 0 atom stereocenters. The lowest BCUT2D eigenvalue weighted by Gasteiger charge is -2.26. The summed E-state index contributed by atoms with van der Waals surface area (Å²) in [7, 11) is 1.45. The summed E-state index contributed by atoms with van der Waals surface area (Å²) >= 11 is 0. The smallest absolute Gasteiger partial charge is 0.325 e. The zero-order valence-corrected chi connectivity index (χ0v) is 10.5. The van der Waals surface area contributed by atoms with Crippen LogP contribution < -0.4 is 4.90 Å². The van der Waals surface area contributed by atoms with Gasteiger partial charge < -0.3 is 10.0 Å². The molecular formula is C13H15FN2O3. The van der Waals surface area contributed by atoms with Gasteiger partial charge in [-0.15, -0.1) is 6.58 Å². The van der Waals surface area contributed by atoms with Crippen molar-refractivity contribution in [1.29, 1.82) is 0 Å². The van der Waals surface area contributed by atoms with E-state index in [-0.39, 0.29) is 6.54 Å². The predicted octanol–water partition coefficient (Wildman–Crippen LogP) is 1.95. The van der Waals surface area contributed by atoms with Crippen LogP contribution in [0.1, 0.15) is 0 Å². The third kappa shape index (κ3) is 4.09. The number of carboxylic acid groups (broad SMARTS) is 1. The molecule has 1 N–H and O–H groups in total. The summed E-state index contributed by atoms with van der Waals surface area (Å²) in [5.74, 6) is -1.59. The molecule has 0 aliphatic heterocycles. The van der Waals surface area contributed by atoms with Crippen molar-refractivity contribution in [2.45, 2.75) is 0 Å². The van der Waals surface area contributed by atoms with Gasteiger partial charge in [-0.3, -0.25) is 9.69 Å². The van der Waals surface area contributed by atoms with Gasteiger partial charge in [0, 0.05) is 19.3 Å². The van der Waals surface area contributed by atoms with Crippen LogP contribution in [0.25, 0.3) is 0 Å². The van der Waals surface area contributed by atoms with Gasteiger partial charge in [0.15, 0.2) is 0 Å². The van der Waals surface area contributed by atoms with Gasteiger partial charge in [0.05, 0.1) is 0 Å². The van der Waals surface area contributed by atoms with E-state index in [4.69, 9.17) is 5.11 Å². The molecule has 1 aromatic rings. The molecule has 0 heterocycles. The van der Waals surface area contributed by atoms with Crippen molar-refractivity contribution in [3.63, 3.8) is 0 Å².